The van der Waals surface area contributed by atoms with E-state index in [1.165, 1.54) is 15.9 Å². The molecule has 222 valence electrons. The molecule has 1 spiro atoms. The van der Waals surface area contributed by atoms with Gasteiger partial charge in [-0.15, -0.1) is 0 Å². The van der Waals surface area contributed by atoms with Crippen molar-refractivity contribution in [3.8, 4) is 6.07 Å². The van der Waals surface area contributed by atoms with Gasteiger partial charge in [0.2, 0.25) is 11.8 Å². The van der Waals surface area contributed by atoms with Gasteiger partial charge in [-0.1, -0.05) is 13.8 Å². The third-order valence-corrected chi connectivity index (χ3v) is 8.88. The highest BCUT2D eigenvalue weighted by Crippen LogP contribution is 2.47. The number of Topliss-reactive ketones (excluding diaryl/α,β-unsaturated/α-hetero) is 1. The lowest BCUT2D eigenvalue weighted by Gasteiger charge is -2.35. The van der Waals surface area contributed by atoms with E-state index in [1.54, 1.807) is 18.2 Å². The van der Waals surface area contributed by atoms with Gasteiger partial charge in [0.05, 0.1) is 17.0 Å². The molecule has 4 bridgehead atoms. The number of halogens is 2. The lowest BCUT2D eigenvalue weighted by Crippen LogP contribution is -2.53. The average molecular weight is 588 g/mol. The monoisotopic (exact) mass is 587 g/mol. The first-order valence-electron chi connectivity index (χ1n) is 14.5. The molecule has 1 saturated heterocycles. The van der Waals surface area contributed by atoms with Crippen LogP contribution in [0.4, 0.5) is 14.5 Å². The number of hydrogen-bond donors (Lipinski definition) is 2. The van der Waals surface area contributed by atoms with E-state index in [1.807, 2.05) is 13.8 Å². The fourth-order valence-corrected chi connectivity index (χ4v) is 6.74. The third kappa shape index (κ3) is 4.75. The summed E-state index contributed by atoms with van der Waals surface area (Å²) in [5.74, 6) is -3.13. The first-order valence-corrected chi connectivity index (χ1v) is 14.5. The lowest BCUT2D eigenvalue weighted by atomic mass is 9.79. The van der Waals surface area contributed by atoms with Crippen LogP contribution in [-0.4, -0.2) is 63.5 Å². The molecule has 3 aromatic rings. The number of benzene rings is 2. The van der Waals surface area contributed by atoms with E-state index in [0.717, 1.165) is 12.1 Å². The molecule has 1 aromatic heterocycles. The van der Waals surface area contributed by atoms with E-state index in [9.17, 15) is 33.2 Å². The molecule has 11 heteroatoms. The Morgan fingerprint density at radius 2 is 1.93 bits per heavy atom. The number of hydrogen-bond acceptors (Lipinski definition) is 5. The van der Waals surface area contributed by atoms with Crippen LogP contribution in [-0.2, 0) is 15.0 Å². The van der Waals surface area contributed by atoms with Gasteiger partial charge < -0.3 is 20.1 Å². The van der Waals surface area contributed by atoms with Crippen LogP contribution in [0.2, 0.25) is 0 Å². The van der Waals surface area contributed by atoms with Crippen LogP contribution in [0.1, 0.15) is 72.4 Å². The van der Waals surface area contributed by atoms with Gasteiger partial charge in [0.25, 0.3) is 5.91 Å². The molecule has 43 heavy (non-hydrogen) atoms. The quantitative estimate of drug-likeness (QED) is 0.460. The lowest BCUT2D eigenvalue weighted by molar-refractivity contribution is -0.137. The minimum Gasteiger partial charge on any atom is -0.350 e. The second-order valence-corrected chi connectivity index (χ2v) is 12.2. The van der Waals surface area contributed by atoms with Crippen LogP contribution in [0.25, 0.3) is 10.9 Å². The smallest absolute Gasteiger partial charge is 0.270 e. The Labute approximate surface area is 246 Å². The van der Waals surface area contributed by atoms with E-state index < -0.39 is 40.9 Å². The zero-order valence-corrected chi connectivity index (χ0v) is 23.9. The largest absolute Gasteiger partial charge is 0.350 e. The zero-order chi connectivity index (χ0) is 30.6. The second-order valence-electron chi connectivity index (χ2n) is 12.2. The molecular formula is C32H31F2N5O4. The molecule has 4 heterocycles. The topological polar surface area (TPSA) is 126 Å². The van der Waals surface area contributed by atoms with Crippen molar-refractivity contribution in [1.29, 1.82) is 5.26 Å². The normalized spacial score (nSPS) is 24.0. The third-order valence-electron chi connectivity index (χ3n) is 8.88. The molecule has 0 unspecified atom stereocenters. The van der Waals surface area contributed by atoms with E-state index in [0.29, 0.717) is 29.7 Å². The molecule has 1 fully saturated rings. The fourth-order valence-electron chi connectivity index (χ4n) is 6.74. The zero-order valence-electron chi connectivity index (χ0n) is 23.9. The molecular weight excluding hydrogens is 556 g/mol. The van der Waals surface area contributed by atoms with Gasteiger partial charge in [0.15, 0.2) is 5.78 Å². The van der Waals surface area contributed by atoms with E-state index in [2.05, 4.69) is 16.4 Å². The number of H-pyrrole nitrogens is 1. The van der Waals surface area contributed by atoms with Gasteiger partial charge in [0.1, 0.15) is 29.4 Å². The summed E-state index contributed by atoms with van der Waals surface area (Å²) in [6.07, 6.45) is 1.35. The molecule has 6 rings (SSSR count). The highest BCUT2D eigenvalue weighted by atomic mass is 19.1. The summed E-state index contributed by atoms with van der Waals surface area (Å²) in [6.45, 7) is 3.86. The number of carbonyl (C=O) groups excluding carboxylic acids is 4. The molecule has 3 aliphatic heterocycles. The number of carbonyl (C=O) groups is 4. The molecule has 0 saturated carbocycles. The summed E-state index contributed by atoms with van der Waals surface area (Å²) in [6, 6.07) is 8.46. The minimum absolute atomic E-state index is 0.0113. The number of amides is 3. The van der Waals surface area contributed by atoms with Crippen molar-refractivity contribution in [3.05, 3.63) is 64.9 Å². The van der Waals surface area contributed by atoms with Crippen LogP contribution in [0.3, 0.4) is 0 Å². The molecule has 2 N–H and O–H groups in total. The summed E-state index contributed by atoms with van der Waals surface area (Å²) in [5.41, 5.74) is 0.484. The fraction of sp³-hybridized carbons (Fsp3) is 0.406. The van der Waals surface area contributed by atoms with Gasteiger partial charge in [0, 0.05) is 48.6 Å². The number of aromatic amines is 1. The highest BCUT2D eigenvalue weighted by molar-refractivity contribution is 6.09. The molecule has 9 nitrogen and oxygen atoms in total. The molecule has 3 amide bonds. The van der Waals surface area contributed by atoms with Crippen molar-refractivity contribution in [2.24, 2.45) is 5.92 Å². The van der Waals surface area contributed by atoms with Gasteiger partial charge in [-0.2, -0.15) is 5.26 Å². The highest BCUT2D eigenvalue weighted by Gasteiger charge is 2.57. The number of anilines is 1. The number of rotatable bonds is 3. The van der Waals surface area contributed by atoms with Crippen molar-refractivity contribution in [1.82, 2.24) is 14.8 Å². The standard InChI is InChI=1S/C32H31F2N5O4/c1-17(2)9-27-30(42)39-16-32(14-20(39)15-35)22-10-18(6-7-24(22)37-31(32)43)28(40)5-3-4-8-38(27)29(41)26-13-21-23(34)11-19(33)12-25(21)36-26/h6-7,10-13,17,20,27,36H,3-5,8-9,14,16H2,1-2H3,(H,37,43)/t20-,27-,32-/m0/s1. The maximum Gasteiger partial charge on any atom is 0.270 e. The van der Waals surface area contributed by atoms with Crippen LogP contribution in [0, 0.1) is 28.9 Å². The number of nitriles is 1. The first kappa shape index (κ1) is 28.5. The minimum atomic E-state index is -1.21. The van der Waals surface area contributed by atoms with Gasteiger partial charge in [-0.3, -0.25) is 19.2 Å². The Hall–Kier alpha value is -4.59. The maximum absolute atomic E-state index is 14.5. The SMILES string of the molecule is CC(C)C[C@H]1C(=O)N2C[C@]3(C[C@H]2C#N)C(=O)Nc2ccc(cc23)C(=O)CCCCN1C(=O)c1cc2c(F)cc(F)cc2[nH]1. The maximum atomic E-state index is 14.5. The van der Waals surface area contributed by atoms with Crippen LogP contribution in [0.15, 0.2) is 36.4 Å². The van der Waals surface area contributed by atoms with Crippen molar-refractivity contribution in [2.45, 2.75) is 63.5 Å². The molecule has 0 aliphatic carbocycles. The predicted molar refractivity (Wildman–Crippen MR) is 153 cm³/mol. The van der Waals surface area contributed by atoms with Crippen molar-refractivity contribution >= 4 is 40.1 Å². The molecule has 3 atom stereocenters. The second kappa shape index (κ2) is 10.6. The summed E-state index contributed by atoms with van der Waals surface area (Å²) in [7, 11) is 0. The van der Waals surface area contributed by atoms with Gasteiger partial charge in [-0.25, -0.2) is 8.78 Å². The summed E-state index contributed by atoms with van der Waals surface area (Å²) in [4.78, 5) is 60.7. The van der Waals surface area contributed by atoms with Crippen molar-refractivity contribution in [2.75, 3.05) is 18.4 Å². The van der Waals surface area contributed by atoms with Gasteiger partial charge >= 0.3 is 0 Å². The number of ketones is 1. The summed E-state index contributed by atoms with van der Waals surface area (Å²) >= 11 is 0. The van der Waals surface area contributed by atoms with Crippen molar-refractivity contribution in [3.63, 3.8) is 0 Å². The predicted octanol–water partition coefficient (Wildman–Crippen LogP) is 4.68. The Morgan fingerprint density at radius 3 is 2.67 bits per heavy atom. The summed E-state index contributed by atoms with van der Waals surface area (Å²) < 4.78 is 28.4. The Balaban J connectivity index is 1.45. The molecule has 0 radical (unpaired) electrons. The average Bonchev–Trinajstić information content (AvgIpc) is 3.65. The van der Waals surface area contributed by atoms with Gasteiger partial charge in [-0.05, 0) is 61.1 Å². The van der Waals surface area contributed by atoms with E-state index >= 15 is 0 Å². The summed E-state index contributed by atoms with van der Waals surface area (Å²) in [5, 5.41) is 13.1. The Kier molecular flexibility index (Phi) is 7.03. The number of nitrogens with zero attached hydrogens (tertiary/aromatic N) is 3. The van der Waals surface area contributed by atoms with E-state index in [4.69, 9.17) is 0 Å². The first-order chi connectivity index (χ1) is 20.5. The number of nitrogens with one attached hydrogen (secondary N) is 2. The molecule has 3 aliphatic rings. The Bertz CT molecular complexity index is 1730. The number of fused-ring (bicyclic) bond motifs is 3. The van der Waals surface area contributed by atoms with Crippen molar-refractivity contribution < 1.29 is 28.0 Å². The number of aromatic nitrogens is 1. The van der Waals surface area contributed by atoms with Crippen LogP contribution < -0.4 is 5.32 Å². The van der Waals surface area contributed by atoms with Crippen LogP contribution in [0.5, 0.6) is 0 Å². The van der Waals surface area contributed by atoms with Crippen LogP contribution >= 0.6 is 0 Å². The molecule has 2 aromatic carbocycles. The van der Waals surface area contributed by atoms with E-state index in [-0.39, 0.29) is 66.6 Å². The Morgan fingerprint density at radius 1 is 1.14 bits per heavy atom.